The molecule has 2 aromatic carbocycles. The molecule has 1 amide bonds. The number of nitrogens with one attached hydrogen (secondary N) is 3. The van der Waals surface area contributed by atoms with E-state index in [-0.39, 0.29) is 28.5 Å². The van der Waals surface area contributed by atoms with Crippen LogP contribution in [0.5, 0.6) is 11.5 Å². The summed E-state index contributed by atoms with van der Waals surface area (Å²) in [4.78, 5) is 23.9. The van der Waals surface area contributed by atoms with Gasteiger partial charge in [-0.05, 0) is 56.2 Å². The maximum absolute atomic E-state index is 13.9. The van der Waals surface area contributed by atoms with Crippen LogP contribution in [0.25, 0.3) is 10.9 Å². The number of amides is 1. The first-order valence-electron chi connectivity index (χ1n) is 16.2. The number of ether oxygens (including phenoxy) is 2. The molecule has 12 heteroatoms. The van der Waals surface area contributed by atoms with Crippen LogP contribution in [0, 0.1) is 22.5 Å². The lowest BCUT2D eigenvalue weighted by atomic mass is 9.59. The number of rotatable bonds is 13. The third-order valence-corrected chi connectivity index (χ3v) is 9.29. The van der Waals surface area contributed by atoms with Crippen LogP contribution in [0.15, 0.2) is 42.7 Å². The van der Waals surface area contributed by atoms with E-state index in [1.54, 1.807) is 13.2 Å². The van der Waals surface area contributed by atoms with Gasteiger partial charge in [0, 0.05) is 41.3 Å². The topological polar surface area (TPSA) is 117 Å². The molecule has 0 aliphatic rings. The number of nitrogens with zero attached hydrogens (tertiary/aromatic N) is 4. The van der Waals surface area contributed by atoms with Gasteiger partial charge < -0.3 is 20.1 Å². The predicted molar refractivity (Wildman–Crippen MR) is 186 cm³/mol. The number of halogens is 2. The number of aromatic amines is 1. The number of aromatic nitrogens is 4. The van der Waals surface area contributed by atoms with E-state index >= 15 is 0 Å². The zero-order valence-electron chi connectivity index (χ0n) is 29.7. The molecule has 10 nitrogen and oxygen atoms in total. The SMILES string of the molecule is COc1cc2c(Nc3cc(CC(=O)Nc4cccc(F)c4F)[nH]n3)ncnc2cc1OCCCN(C(C)C)C(C)(C(C)(C)C)C(C)(C)C. The number of fused-ring (bicyclic) bond motifs is 1. The molecule has 0 saturated carbocycles. The second kappa shape index (κ2) is 14.4. The average Bonchev–Trinajstić information content (AvgIpc) is 3.43. The Labute approximate surface area is 282 Å². The largest absolute Gasteiger partial charge is 0.493 e. The Morgan fingerprint density at radius 2 is 1.71 bits per heavy atom. The fraction of sp³-hybridized carbons (Fsp3) is 0.500. The van der Waals surface area contributed by atoms with Crippen molar-refractivity contribution in [3.05, 3.63) is 60.1 Å². The maximum Gasteiger partial charge on any atom is 0.230 e. The Bertz CT molecular complexity index is 1710. The zero-order valence-corrected chi connectivity index (χ0v) is 29.7. The quantitative estimate of drug-likeness (QED) is 0.124. The highest BCUT2D eigenvalue weighted by Crippen LogP contribution is 2.48. The number of methoxy groups -OCH3 is 1. The molecule has 0 saturated heterocycles. The summed E-state index contributed by atoms with van der Waals surface area (Å²) in [7, 11) is 1.59. The summed E-state index contributed by atoms with van der Waals surface area (Å²) in [6, 6.07) is 9.24. The second-order valence-corrected chi connectivity index (χ2v) is 14.5. The van der Waals surface area contributed by atoms with E-state index in [1.165, 1.54) is 18.5 Å². The van der Waals surface area contributed by atoms with Gasteiger partial charge in [0.05, 0.1) is 31.3 Å². The molecule has 4 aromatic rings. The Kier molecular flexibility index (Phi) is 11.0. The molecule has 0 bridgehead atoms. The molecule has 4 rings (SSSR count). The molecule has 48 heavy (non-hydrogen) atoms. The molecule has 0 radical (unpaired) electrons. The lowest BCUT2D eigenvalue weighted by Crippen LogP contribution is -2.64. The minimum Gasteiger partial charge on any atom is -0.493 e. The molecule has 0 fully saturated rings. The highest BCUT2D eigenvalue weighted by molar-refractivity contribution is 5.93. The highest BCUT2D eigenvalue weighted by Gasteiger charge is 2.51. The third-order valence-electron chi connectivity index (χ3n) is 9.29. The van der Waals surface area contributed by atoms with Gasteiger partial charge in [-0.2, -0.15) is 5.10 Å². The van der Waals surface area contributed by atoms with E-state index in [1.807, 2.05) is 12.1 Å². The fourth-order valence-electron chi connectivity index (χ4n) is 6.44. The van der Waals surface area contributed by atoms with Crippen molar-refractivity contribution < 1.29 is 23.0 Å². The van der Waals surface area contributed by atoms with Crippen molar-refractivity contribution in [2.75, 3.05) is 30.9 Å². The van der Waals surface area contributed by atoms with Gasteiger partial charge in [0.15, 0.2) is 29.0 Å². The Morgan fingerprint density at radius 3 is 2.35 bits per heavy atom. The van der Waals surface area contributed by atoms with Gasteiger partial charge in [0.25, 0.3) is 0 Å². The van der Waals surface area contributed by atoms with Crippen molar-refractivity contribution >= 4 is 34.1 Å². The predicted octanol–water partition coefficient (Wildman–Crippen LogP) is 7.89. The van der Waals surface area contributed by atoms with Gasteiger partial charge in [0.1, 0.15) is 12.1 Å². The van der Waals surface area contributed by atoms with E-state index in [2.05, 4.69) is 98.0 Å². The van der Waals surface area contributed by atoms with Crippen LogP contribution in [0.1, 0.15) is 74.4 Å². The molecule has 0 aliphatic carbocycles. The monoisotopic (exact) mass is 665 g/mol. The molecule has 0 unspecified atom stereocenters. The Morgan fingerprint density at radius 1 is 1.00 bits per heavy atom. The van der Waals surface area contributed by atoms with Gasteiger partial charge in [-0.1, -0.05) is 47.6 Å². The second-order valence-electron chi connectivity index (χ2n) is 14.5. The first kappa shape index (κ1) is 36.5. The van der Waals surface area contributed by atoms with Crippen molar-refractivity contribution in [1.29, 1.82) is 0 Å². The number of carbonyl (C=O) groups excluding carboxylic acids is 1. The number of benzene rings is 2. The van der Waals surface area contributed by atoms with Gasteiger partial charge in [-0.25, -0.2) is 18.7 Å². The maximum atomic E-state index is 13.9. The Balaban J connectivity index is 1.44. The molecular formula is C36H49F2N7O3. The molecule has 2 aromatic heterocycles. The third kappa shape index (κ3) is 7.86. The number of anilines is 3. The molecule has 0 spiro atoms. The standard InChI is InChI=1S/C36H49F2N7O3/c1-22(2)45(36(9,34(3,4)5)35(6,7)8)15-12-16-48-29-20-27-24(19-28(29)47-10)33(40-21-39-27)42-30-17-23(43-44-30)18-31(46)41-26-14-11-13-25(37)32(26)38/h11,13-14,17,19-22H,12,15-16,18H2,1-10H3,(H,41,46)(H2,39,40,42,43,44). The van der Waals surface area contributed by atoms with Crippen LogP contribution in [-0.4, -0.2) is 62.8 Å². The van der Waals surface area contributed by atoms with Crippen molar-refractivity contribution in [1.82, 2.24) is 25.1 Å². The minimum atomic E-state index is -1.12. The van der Waals surface area contributed by atoms with E-state index in [4.69, 9.17) is 9.47 Å². The van der Waals surface area contributed by atoms with Crippen LogP contribution in [-0.2, 0) is 11.2 Å². The van der Waals surface area contributed by atoms with Crippen LogP contribution in [0.4, 0.5) is 26.1 Å². The van der Waals surface area contributed by atoms with Crippen LogP contribution in [0.2, 0.25) is 0 Å². The first-order valence-corrected chi connectivity index (χ1v) is 16.2. The number of H-pyrrole nitrogens is 1. The molecule has 3 N–H and O–H groups in total. The van der Waals surface area contributed by atoms with Crippen LogP contribution >= 0.6 is 0 Å². The molecule has 260 valence electrons. The highest BCUT2D eigenvalue weighted by atomic mass is 19.2. The lowest BCUT2D eigenvalue weighted by molar-refractivity contribution is -0.115. The van der Waals surface area contributed by atoms with E-state index in [9.17, 15) is 13.6 Å². The summed E-state index contributed by atoms with van der Waals surface area (Å²) in [6.07, 6.45) is 2.13. The van der Waals surface area contributed by atoms with E-state index in [0.717, 1.165) is 19.0 Å². The zero-order chi connectivity index (χ0) is 35.4. The Hall–Kier alpha value is -4.32. The summed E-state index contributed by atoms with van der Waals surface area (Å²) in [6.45, 7) is 22.2. The number of carbonyl (C=O) groups is 1. The lowest BCUT2D eigenvalue weighted by Gasteiger charge is -2.59. The summed E-state index contributed by atoms with van der Waals surface area (Å²) in [5, 5.41) is 13.2. The number of hydrogen-bond donors (Lipinski definition) is 3. The fourth-order valence-corrected chi connectivity index (χ4v) is 6.44. The van der Waals surface area contributed by atoms with Crippen LogP contribution < -0.4 is 20.1 Å². The smallest absolute Gasteiger partial charge is 0.230 e. The van der Waals surface area contributed by atoms with Crippen molar-refractivity contribution in [3.63, 3.8) is 0 Å². The first-order chi connectivity index (χ1) is 22.5. The van der Waals surface area contributed by atoms with Crippen molar-refractivity contribution in [2.24, 2.45) is 10.8 Å². The summed E-state index contributed by atoms with van der Waals surface area (Å²) >= 11 is 0. The molecule has 0 aliphatic heterocycles. The molecule has 2 heterocycles. The van der Waals surface area contributed by atoms with Gasteiger partial charge in [0.2, 0.25) is 5.91 Å². The molecule has 0 atom stereocenters. The van der Waals surface area contributed by atoms with Gasteiger partial charge in [-0.15, -0.1) is 0 Å². The van der Waals surface area contributed by atoms with Crippen molar-refractivity contribution in [3.8, 4) is 11.5 Å². The number of hydrogen-bond acceptors (Lipinski definition) is 8. The molecular weight excluding hydrogens is 616 g/mol. The van der Waals surface area contributed by atoms with Gasteiger partial charge in [-0.3, -0.25) is 14.8 Å². The van der Waals surface area contributed by atoms with E-state index < -0.39 is 17.5 Å². The minimum absolute atomic E-state index is 0.0560. The van der Waals surface area contributed by atoms with E-state index in [0.29, 0.717) is 52.4 Å². The normalized spacial score (nSPS) is 12.5. The summed E-state index contributed by atoms with van der Waals surface area (Å²) < 4.78 is 39.4. The van der Waals surface area contributed by atoms with Crippen LogP contribution in [0.3, 0.4) is 0 Å². The summed E-state index contributed by atoms with van der Waals surface area (Å²) in [5.74, 6) is -0.681. The van der Waals surface area contributed by atoms with Crippen molar-refractivity contribution in [2.45, 2.75) is 86.7 Å². The van der Waals surface area contributed by atoms with Gasteiger partial charge >= 0.3 is 0 Å². The average molecular weight is 666 g/mol. The summed E-state index contributed by atoms with van der Waals surface area (Å²) in [5.41, 5.74) is 0.927.